The zero-order valence-corrected chi connectivity index (χ0v) is 13.0. The van der Waals surface area contributed by atoms with E-state index in [2.05, 4.69) is 15.9 Å². The third kappa shape index (κ3) is 2.87. The van der Waals surface area contributed by atoms with Gasteiger partial charge >= 0.3 is 5.97 Å². The number of hydrogen-bond acceptors (Lipinski definition) is 2. The van der Waals surface area contributed by atoms with Crippen LogP contribution in [-0.4, -0.2) is 34.0 Å². The second-order valence-corrected chi connectivity index (χ2v) is 6.17. The first-order valence-electron chi connectivity index (χ1n) is 6.72. The lowest BCUT2D eigenvalue weighted by atomic mass is 9.98. The number of hydrogen-bond donors (Lipinski definition) is 1. The number of rotatable bonds is 4. The van der Waals surface area contributed by atoms with E-state index in [1.807, 2.05) is 24.3 Å². The summed E-state index contributed by atoms with van der Waals surface area (Å²) in [7, 11) is 0. The van der Waals surface area contributed by atoms with Crippen molar-refractivity contribution in [2.45, 2.75) is 38.1 Å². The number of carbonyl (C=O) groups is 2. The summed E-state index contributed by atoms with van der Waals surface area (Å²) in [6.45, 7) is 2.18. The van der Waals surface area contributed by atoms with Crippen molar-refractivity contribution in [2.75, 3.05) is 6.54 Å². The maximum atomic E-state index is 12.3. The quantitative estimate of drug-likeness (QED) is 0.917. The van der Waals surface area contributed by atoms with Gasteiger partial charge < -0.3 is 10.0 Å². The number of carbonyl (C=O) groups excluding carboxylic acids is 1. The molecule has 2 rings (SSSR count). The number of carboxylic acids is 1. The van der Waals surface area contributed by atoms with E-state index in [4.69, 9.17) is 0 Å². The fraction of sp³-hybridized carbons (Fsp3) is 0.467. The van der Waals surface area contributed by atoms with Gasteiger partial charge in [-0.15, -0.1) is 0 Å². The number of amides is 1. The van der Waals surface area contributed by atoms with Crippen molar-refractivity contribution in [2.24, 2.45) is 0 Å². The molecule has 0 saturated carbocycles. The monoisotopic (exact) mass is 339 g/mol. The van der Waals surface area contributed by atoms with Crippen LogP contribution >= 0.6 is 15.9 Å². The highest BCUT2D eigenvalue weighted by molar-refractivity contribution is 9.10. The number of nitrogens with zero attached hydrogens (tertiary/aromatic N) is 1. The Morgan fingerprint density at radius 1 is 1.40 bits per heavy atom. The average Bonchev–Trinajstić information content (AvgIpc) is 2.81. The third-order valence-electron chi connectivity index (χ3n) is 3.97. The van der Waals surface area contributed by atoms with E-state index < -0.39 is 11.5 Å². The number of carboxylic acid groups (broad SMARTS) is 1. The lowest BCUT2D eigenvalue weighted by molar-refractivity contribution is -0.155. The summed E-state index contributed by atoms with van der Waals surface area (Å²) >= 11 is 3.46. The molecule has 4 nitrogen and oxygen atoms in total. The Morgan fingerprint density at radius 2 is 2.10 bits per heavy atom. The van der Waals surface area contributed by atoms with Gasteiger partial charge in [0, 0.05) is 17.4 Å². The van der Waals surface area contributed by atoms with Crippen molar-refractivity contribution >= 4 is 27.8 Å². The summed E-state index contributed by atoms with van der Waals surface area (Å²) in [4.78, 5) is 25.2. The van der Waals surface area contributed by atoms with Gasteiger partial charge in [-0.2, -0.15) is 0 Å². The molecule has 108 valence electrons. The molecule has 1 atom stereocenters. The number of likely N-dealkylation sites (tertiary alicyclic amines) is 1. The largest absolute Gasteiger partial charge is 0.480 e. The van der Waals surface area contributed by atoms with Crippen LogP contribution in [0.1, 0.15) is 31.7 Å². The number of aryl methyl sites for hydroxylation is 1. The summed E-state index contributed by atoms with van der Waals surface area (Å²) in [6.07, 6.45) is 2.24. The van der Waals surface area contributed by atoms with E-state index in [1.165, 1.54) is 4.90 Å². The van der Waals surface area contributed by atoms with Crippen LogP contribution in [0, 0.1) is 0 Å². The van der Waals surface area contributed by atoms with Crippen LogP contribution < -0.4 is 0 Å². The van der Waals surface area contributed by atoms with Crippen molar-refractivity contribution in [3.8, 4) is 0 Å². The smallest absolute Gasteiger partial charge is 0.329 e. The Labute approximate surface area is 126 Å². The molecule has 1 fully saturated rings. The lowest BCUT2D eigenvalue weighted by Gasteiger charge is -2.31. The Kier molecular flexibility index (Phi) is 4.48. The molecular weight excluding hydrogens is 322 g/mol. The van der Waals surface area contributed by atoms with Gasteiger partial charge in [-0.3, -0.25) is 4.79 Å². The Bertz CT molecular complexity index is 532. The highest BCUT2D eigenvalue weighted by Crippen LogP contribution is 2.30. The summed E-state index contributed by atoms with van der Waals surface area (Å²) in [5.74, 6) is -0.993. The van der Waals surface area contributed by atoms with Crippen molar-refractivity contribution in [3.05, 3.63) is 34.3 Å². The molecule has 0 radical (unpaired) electrons. The van der Waals surface area contributed by atoms with Gasteiger partial charge in [0.25, 0.3) is 0 Å². The molecule has 1 saturated heterocycles. The second kappa shape index (κ2) is 5.95. The van der Waals surface area contributed by atoms with Gasteiger partial charge in [0.15, 0.2) is 0 Å². The van der Waals surface area contributed by atoms with E-state index in [0.717, 1.165) is 16.5 Å². The topological polar surface area (TPSA) is 57.6 Å². The number of aliphatic carboxylic acids is 1. The fourth-order valence-electron chi connectivity index (χ4n) is 2.66. The van der Waals surface area contributed by atoms with Crippen LogP contribution in [0.25, 0.3) is 0 Å². The van der Waals surface area contributed by atoms with Gasteiger partial charge in [0.1, 0.15) is 5.54 Å². The van der Waals surface area contributed by atoms with Crippen molar-refractivity contribution in [1.82, 2.24) is 4.90 Å². The summed E-state index contributed by atoms with van der Waals surface area (Å²) in [5.41, 5.74) is 0.0300. The molecule has 1 heterocycles. The van der Waals surface area contributed by atoms with Crippen molar-refractivity contribution < 1.29 is 14.7 Å². The predicted octanol–water partition coefficient (Wildman–Crippen LogP) is 2.85. The molecule has 1 unspecified atom stereocenters. The minimum absolute atomic E-state index is 0.0804. The molecule has 1 amide bonds. The summed E-state index contributed by atoms with van der Waals surface area (Å²) < 4.78 is 0.982. The first kappa shape index (κ1) is 15.0. The zero-order chi connectivity index (χ0) is 14.8. The molecular formula is C15H18BrNO3. The van der Waals surface area contributed by atoms with E-state index >= 15 is 0 Å². The SMILES string of the molecule is CC1(C(=O)O)CCCN1C(=O)CCc1ccccc1Br. The molecule has 1 aliphatic heterocycles. The van der Waals surface area contributed by atoms with Crippen LogP contribution in [0.3, 0.4) is 0 Å². The van der Waals surface area contributed by atoms with Gasteiger partial charge in [0.05, 0.1) is 0 Å². The van der Waals surface area contributed by atoms with E-state index in [1.54, 1.807) is 6.92 Å². The maximum Gasteiger partial charge on any atom is 0.329 e. The molecule has 1 N–H and O–H groups in total. The molecule has 0 bridgehead atoms. The molecule has 0 aromatic heterocycles. The Hall–Kier alpha value is -1.36. The van der Waals surface area contributed by atoms with E-state index in [9.17, 15) is 14.7 Å². The first-order chi connectivity index (χ1) is 9.45. The average molecular weight is 340 g/mol. The van der Waals surface area contributed by atoms with Crippen LogP contribution in [0.4, 0.5) is 0 Å². The standard InChI is InChI=1S/C15H18BrNO3/c1-15(14(19)20)9-4-10-17(15)13(18)8-7-11-5-2-3-6-12(11)16/h2-3,5-6H,4,7-10H2,1H3,(H,19,20). The van der Waals surface area contributed by atoms with E-state index in [0.29, 0.717) is 25.8 Å². The molecule has 1 aromatic rings. The van der Waals surface area contributed by atoms with Crippen molar-refractivity contribution in [1.29, 1.82) is 0 Å². The maximum absolute atomic E-state index is 12.3. The molecule has 1 aromatic carbocycles. The van der Waals surface area contributed by atoms with Crippen molar-refractivity contribution in [3.63, 3.8) is 0 Å². The minimum Gasteiger partial charge on any atom is -0.480 e. The van der Waals surface area contributed by atoms with E-state index in [-0.39, 0.29) is 5.91 Å². The normalized spacial score (nSPS) is 22.0. The number of benzene rings is 1. The highest BCUT2D eigenvalue weighted by Gasteiger charge is 2.45. The van der Waals surface area contributed by atoms with Crippen LogP contribution in [0.5, 0.6) is 0 Å². The van der Waals surface area contributed by atoms with Crippen LogP contribution in [0.2, 0.25) is 0 Å². The molecule has 5 heteroatoms. The van der Waals surface area contributed by atoms with Gasteiger partial charge in [-0.1, -0.05) is 34.1 Å². The second-order valence-electron chi connectivity index (χ2n) is 5.32. The number of halogens is 1. The Balaban J connectivity index is 2.02. The van der Waals surface area contributed by atoms with Crippen LogP contribution in [0.15, 0.2) is 28.7 Å². The Morgan fingerprint density at radius 3 is 2.75 bits per heavy atom. The molecule has 0 aliphatic carbocycles. The molecule has 20 heavy (non-hydrogen) atoms. The van der Waals surface area contributed by atoms with Gasteiger partial charge in [0.2, 0.25) is 5.91 Å². The molecule has 1 aliphatic rings. The third-order valence-corrected chi connectivity index (χ3v) is 4.74. The van der Waals surface area contributed by atoms with Gasteiger partial charge in [-0.05, 0) is 37.8 Å². The minimum atomic E-state index is -1.04. The molecule has 0 spiro atoms. The summed E-state index contributed by atoms with van der Waals surface area (Å²) in [6, 6.07) is 7.77. The lowest BCUT2D eigenvalue weighted by Crippen LogP contribution is -2.50. The highest BCUT2D eigenvalue weighted by atomic mass is 79.9. The first-order valence-corrected chi connectivity index (χ1v) is 7.52. The fourth-order valence-corrected chi connectivity index (χ4v) is 3.15. The van der Waals surface area contributed by atoms with Gasteiger partial charge in [-0.25, -0.2) is 4.79 Å². The van der Waals surface area contributed by atoms with Crippen LogP contribution in [-0.2, 0) is 16.0 Å². The summed E-state index contributed by atoms with van der Waals surface area (Å²) in [5, 5.41) is 9.32. The predicted molar refractivity (Wildman–Crippen MR) is 79.5 cm³/mol. The zero-order valence-electron chi connectivity index (χ0n) is 11.4.